The van der Waals surface area contributed by atoms with Gasteiger partial charge in [-0.3, -0.25) is 9.59 Å². The molecule has 0 spiro atoms. The molecule has 0 unspecified atom stereocenters. The third kappa shape index (κ3) is 18.2. The Kier molecular flexibility index (Phi) is 15.9. The molecule has 2 rings (SSSR count). The number of halogens is 2. The number of benzene rings is 2. The average Bonchev–Trinajstić information content (AvgIpc) is 2.87. The molecule has 39 heavy (non-hydrogen) atoms. The minimum atomic E-state index is -0.518. The van der Waals surface area contributed by atoms with Crippen molar-refractivity contribution in [2.24, 2.45) is 5.73 Å². The molecule has 0 bridgehead atoms. The molecule has 0 aliphatic heterocycles. The van der Waals surface area contributed by atoms with Crippen LogP contribution >= 0.6 is 23.2 Å². The monoisotopic (exact) mass is 572 g/mol. The maximum atomic E-state index is 11.5. The number of nitrogens with two attached hydrogens (primary N) is 1. The summed E-state index contributed by atoms with van der Waals surface area (Å²) in [6.45, 7) is 7.35. The molecule has 0 saturated carbocycles. The van der Waals surface area contributed by atoms with Crippen molar-refractivity contribution in [2.75, 3.05) is 26.2 Å². The van der Waals surface area contributed by atoms with Crippen LogP contribution < -0.4 is 21.7 Å². The van der Waals surface area contributed by atoms with Gasteiger partial charge >= 0.3 is 6.09 Å². The van der Waals surface area contributed by atoms with E-state index in [2.05, 4.69) is 39.6 Å². The van der Waals surface area contributed by atoms with Crippen LogP contribution in [0.4, 0.5) is 4.79 Å². The Morgan fingerprint density at radius 2 is 1.15 bits per heavy atom. The first kappa shape index (κ1) is 33.3. The summed E-state index contributed by atoms with van der Waals surface area (Å²) in [5, 5.41) is 9.19. The van der Waals surface area contributed by atoms with Gasteiger partial charge in [0.2, 0.25) is 0 Å². The first-order chi connectivity index (χ1) is 18.5. The Morgan fingerprint density at radius 3 is 1.56 bits per heavy atom. The highest BCUT2D eigenvalue weighted by Gasteiger charge is 2.15. The minimum Gasteiger partial charge on any atom is -0.444 e. The SMILES string of the molecule is CC(C)(C)OC(=O)NCCCNC(=O)C#Cc1ccc(Cl)cc1.NCCCNC(=O)C#Cc1ccc(Cl)cc1. The van der Waals surface area contributed by atoms with E-state index in [0.717, 1.165) is 17.5 Å². The fourth-order valence-electron chi connectivity index (χ4n) is 2.51. The highest BCUT2D eigenvalue weighted by molar-refractivity contribution is 6.30. The number of rotatable bonds is 7. The number of nitrogens with one attached hydrogen (secondary N) is 3. The molecule has 208 valence electrons. The normalized spacial score (nSPS) is 9.79. The molecule has 0 aliphatic rings. The predicted molar refractivity (Wildman–Crippen MR) is 155 cm³/mol. The smallest absolute Gasteiger partial charge is 0.407 e. The summed E-state index contributed by atoms with van der Waals surface area (Å²) in [5.41, 5.74) is 6.26. The van der Waals surface area contributed by atoms with Crippen molar-refractivity contribution < 1.29 is 19.1 Å². The number of hydrogen-bond donors (Lipinski definition) is 4. The van der Waals surface area contributed by atoms with Gasteiger partial charge in [0, 0.05) is 52.6 Å². The predicted octanol–water partition coefficient (Wildman–Crippen LogP) is 3.88. The lowest BCUT2D eigenvalue weighted by atomic mass is 10.2. The molecule has 0 fully saturated rings. The summed E-state index contributed by atoms with van der Waals surface area (Å²) in [7, 11) is 0. The molecule has 3 amide bonds. The lowest BCUT2D eigenvalue weighted by Gasteiger charge is -2.19. The second-order valence-corrected chi connectivity index (χ2v) is 9.82. The van der Waals surface area contributed by atoms with Crippen molar-refractivity contribution in [2.45, 2.75) is 39.2 Å². The number of amides is 3. The summed E-state index contributed by atoms with van der Waals surface area (Å²) >= 11 is 11.5. The quantitative estimate of drug-likeness (QED) is 0.296. The van der Waals surface area contributed by atoms with E-state index in [1.54, 1.807) is 69.3 Å². The van der Waals surface area contributed by atoms with Gasteiger partial charge in [0.25, 0.3) is 11.8 Å². The fourth-order valence-corrected chi connectivity index (χ4v) is 2.76. The van der Waals surface area contributed by atoms with E-state index in [-0.39, 0.29) is 11.8 Å². The Hall–Kier alpha value is -3.69. The Bertz CT molecular complexity index is 1190. The molecule has 2 aromatic carbocycles. The number of alkyl carbamates (subject to hydrolysis) is 1. The highest BCUT2D eigenvalue weighted by Crippen LogP contribution is 2.09. The molecular weight excluding hydrogens is 539 g/mol. The minimum absolute atomic E-state index is 0.289. The van der Waals surface area contributed by atoms with Gasteiger partial charge in [-0.05, 0) is 88.7 Å². The van der Waals surface area contributed by atoms with Gasteiger partial charge in [0.1, 0.15) is 5.60 Å². The summed E-state index contributed by atoms with van der Waals surface area (Å²) < 4.78 is 5.09. The summed E-state index contributed by atoms with van der Waals surface area (Å²) in [6.07, 6.45) is 0.883. The zero-order chi connectivity index (χ0) is 29.1. The van der Waals surface area contributed by atoms with Crippen molar-refractivity contribution in [3.63, 3.8) is 0 Å². The molecule has 0 atom stereocenters. The summed E-state index contributed by atoms with van der Waals surface area (Å²) in [5.74, 6) is 9.83. The van der Waals surface area contributed by atoms with E-state index < -0.39 is 11.7 Å². The lowest BCUT2D eigenvalue weighted by molar-refractivity contribution is -0.116. The molecule has 2 aromatic rings. The molecule has 5 N–H and O–H groups in total. The first-order valence-corrected chi connectivity index (χ1v) is 13.0. The van der Waals surface area contributed by atoms with Crippen molar-refractivity contribution in [3.05, 3.63) is 69.7 Å². The number of ether oxygens (including phenoxy) is 1. The topological polar surface area (TPSA) is 123 Å². The van der Waals surface area contributed by atoms with E-state index in [9.17, 15) is 14.4 Å². The van der Waals surface area contributed by atoms with Crippen LogP contribution in [0.1, 0.15) is 44.7 Å². The van der Waals surface area contributed by atoms with E-state index in [4.69, 9.17) is 33.7 Å². The van der Waals surface area contributed by atoms with Crippen LogP contribution in [0.2, 0.25) is 10.0 Å². The van der Waals surface area contributed by atoms with Gasteiger partial charge < -0.3 is 26.4 Å². The van der Waals surface area contributed by atoms with Crippen molar-refractivity contribution >= 4 is 41.1 Å². The zero-order valence-electron chi connectivity index (χ0n) is 22.3. The standard InChI is InChI=1S/C17H21ClN2O3.C12H13ClN2O/c1-17(2,3)23-16(22)20-12-4-11-19-15(21)10-7-13-5-8-14(18)9-6-13;13-11-5-2-10(3-6-11)4-7-12(16)15-9-1-8-14/h5-6,8-9H,4,11-12H2,1-3H3,(H,19,21)(H,20,22);2-3,5-6H,1,8-9,14H2,(H,15,16). The maximum Gasteiger partial charge on any atom is 0.407 e. The average molecular weight is 574 g/mol. The van der Waals surface area contributed by atoms with Gasteiger partial charge in [-0.15, -0.1) is 0 Å². The van der Waals surface area contributed by atoms with E-state index in [1.807, 2.05) is 0 Å². The fraction of sp³-hybridized carbons (Fsp3) is 0.345. The molecule has 0 radical (unpaired) electrons. The van der Waals surface area contributed by atoms with Crippen LogP contribution in [0, 0.1) is 23.7 Å². The molecule has 0 heterocycles. The third-order valence-electron chi connectivity index (χ3n) is 4.30. The first-order valence-electron chi connectivity index (χ1n) is 12.3. The largest absolute Gasteiger partial charge is 0.444 e. The Morgan fingerprint density at radius 1 is 0.744 bits per heavy atom. The number of carbonyl (C=O) groups excluding carboxylic acids is 3. The lowest BCUT2D eigenvalue weighted by Crippen LogP contribution is -2.34. The van der Waals surface area contributed by atoms with Gasteiger partial charge in [-0.25, -0.2) is 4.79 Å². The van der Waals surface area contributed by atoms with Crippen LogP contribution in [0.15, 0.2) is 48.5 Å². The van der Waals surface area contributed by atoms with Crippen LogP contribution in [-0.2, 0) is 14.3 Å². The van der Waals surface area contributed by atoms with Crippen molar-refractivity contribution in [3.8, 4) is 23.7 Å². The molecular formula is C29H34Cl2N4O4. The second-order valence-electron chi connectivity index (χ2n) is 8.95. The number of hydrogen-bond acceptors (Lipinski definition) is 5. The van der Waals surface area contributed by atoms with Crippen LogP contribution in [0.3, 0.4) is 0 Å². The second kappa shape index (κ2) is 18.5. The van der Waals surface area contributed by atoms with Crippen molar-refractivity contribution in [1.29, 1.82) is 0 Å². The highest BCUT2D eigenvalue weighted by atomic mass is 35.5. The van der Waals surface area contributed by atoms with Gasteiger partial charge in [0.15, 0.2) is 0 Å². The maximum absolute atomic E-state index is 11.5. The Balaban J connectivity index is 0.000000416. The molecule has 8 nitrogen and oxygen atoms in total. The number of carbonyl (C=O) groups is 3. The van der Waals surface area contributed by atoms with Crippen LogP contribution in [0.25, 0.3) is 0 Å². The van der Waals surface area contributed by atoms with Crippen molar-refractivity contribution in [1.82, 2.24) is 16.0 Å². The zero-order valence-corrected chi connectivity index (χ0v) is 23.8. The van der Waals surface area contributed by atoms with Gasteiger partial charge in [0.05, 0.1) is 0 Å². The van der Waals surface area contributed by atoms with Crippen LogP contribution in [-0.4, -0.2) is 49.7 Å². The molecule has 0 aromatic heterocycles. The molecule has 0 saturated heterocycles. The van der Waals surface area contributed by atoms with Gasteiger partial charge in [-0.1, -0.05) is 35.0 Å². The summed E-state index contributed by atoms with van der Waals surface area (Å²) in [4.78, 5) is 34.1. The van der Waals surface area contributed by atoms with E-state index >= 15 is 0 Å². The molecule has 0 aliphatic carbocycles. The summed E-state index contributed by atoms with van der Waals surface area (Å²) in [6, 6.07) is 13.9. The van der Waals surface area contributed by atoms with E-state index in [0.29, 0.717) is 42.6 Å². The molecule has 10 heteroatoms. The van der Waals surface area contributed by atoms with Gasteiger partial charge in [-0.2, -0.15) is 0 Å². The van der Waals surface area contributed by atoms with E-state index in [1.165, 1.54) is 0 Å². The van der Waals surface area contributed by atoms with Crippen LogP contribution in [0.5, 0.6) is 0 Å². The third-order valence-corrected chi connectivity index (χ3v) is 4.81. The Labute approximate surface area is 240 Å².